The van der Waals surface area contributed by atoms with Gasteiger partial charge in [-0.15, -0.1) is 0 Å². The molecule has 0 saturated heterocycles. The average Bonchev–Trinajstić information content (AvgIpc) is 2.97. The Labute approximate surface area is 130 Å². The van der Waals surface area contributed by atoms with E-state index in [1.807, 2.05) is 6.20 Å². The van der Waals surface area contributed by atoms with Crippen molar-refractivity contribution in [3.8, 4) is 0 Å². The van der Waals surface area contributed by atoms with Gasteiger partial charge in [0.1, 0.15) is 5.82 Å². The molecule has 0 spiro atoms. The van der Waals surface area contributed by atoms with Crippen molar-refractivity contribution < 1.29 is 0 Å². The summed E-state index contributed by atoms with van der Waals surface area (Å²) >= 11 is 0. The molecule has 2 rings (SSSR count). The Balaban J connectivity index is 2.08. The van der Waals surface area contributed by atoms with Crippen molar-refractivity contribution in [2.45, 2.75) is 78.3 Å². The Bertz CT molecular complexity index is 391. The molecule has 0 bridgehead atoms. The second kappa shape index (κ2) is 8.57. The number of aromatic nitrogens is 2. The molecule has 1 aromatic heterocycles. The van der Waals surface area contributed by atoms with E-state index in [1.54, 1.807) is 0 Å². The third-order valence-corrected chi connectivity index (χ3v) is 5.04. The minimum Gasteiger partial charge on any atom is -0.334 e. The second-order valence-electron chi connectivity index (χ2n) is 6.60. The lowest BCUT2D eigenvalue weighted by Gasteiger charge is -2.34. The van der Waals surface area contributed by atoms with Gasteiger partial charge in [0.05, 0.1) is 6.04 Å². The Morgan fingerprint density at radius 3 is 2.57 bits per heavy atom. The van der Waals surface area contributed by atoms with Crippen LogP contribution in [-0.2, 0) is 6.54 Å². The SMILES string of the molecule is CCCNC(c1nccn1CCC)C1CCC(CC)CC1. The first-order valence-corrected chi connectivity index (χ1v) is 9.04. The van der Waals surface area contributed by atoms with E-state index in [-0.39, 0.29) is 0 Å². The van der Waals surface area contributed by atoms with Gasteiger partial charge in [0, 0.05) is 18.9 Å². The van der Waals surface area contributed by atoms with Crippen molar-refractivity contribution in [3.63, 3.8) is 0 Å². The van der Waals surface area contributed by atoms with E-state index in [1.165, 1.54) is 50.8 Å². The van der Waals surface area contributed by atoms with E-state index in [0.717, 1.165) is 24.9 Å². The lowest BCUT2D eigenvalue weighted by atomic mass is 9.77. The molecule has 0 aromatic carbocycles. The van der Waals surface area contributed by atoms with Gasteiger partial charge in [0.25, 0.3) is 0 Å². The van der Waals surface area contributed by atoms with Gasteiger partial charge in [-0.05, 0) is 44.1 Å². The topological polar surface area (TPSA) is 29.9 Å². The first-order valence-electron chi connectivity index (χ1n) is 9.04. The highest BCUT2D eigenvalue weighted by Crippen LogP contribution is 2.37. The Morgan fingerprint density at radius 2 is 1.95 bits per heavy atom. The van der Waals surface area contributed by atoms with Crippen LogP contribution >= 0.6 is 0 Å². The van der Waals surface area contributed by atoms with Gasteiger partial charge in [-0.3, -0.25) is 0 Å². The van der Waals surface area contributed by atoms with E-state index in [4.69, 9.17) is 4.98 Å². The summed E-state index contributed by atoms with van der Waals surface area (Å²) in [4.78, 5) is 4.70. The van der Waals surface area contributed by atoms with Gasteiger partial charge in [-0.25, -0.2) is 4.98 Å². The first kappa shape index (κ1) is 16.5. The summed E-state index contributed by atoms with van der Waals surface area (Å²) in [6, 6.07) is 0.448. The largest absolute Gasteiger partial charge is 0.334 e. The molecule has 21 heavy (non-hydrogen) atoms. The maximum absolute atomic E-state index is 4.70. The predicted octanol–water partition coefficient (Wildman–Crippen LogP) is 4.55. The van der Waals surface area contributed by atoms with Gasteiger partial charge < -0.3 is 9.88 Å². The summed E-state index contributed by atoms with van der Waals surface area (Å²) < 4.78 is 2.36. The summed E-state index contributed by atoms with van der Waals surface area (Å²) in [7, 11) is 0. The summed E-state index contributed by atoms with van der Waals surface area (Å²) in [6.45, 7) is 9.01. The molecule has 0 aliphatic heterocycles. The van der Waals surface area contributed by atoms with Crippen molar-refractivity contribution in [2.75, 3.05) is 6.54 Å². The van der Waals surface area contributed by atoms with E-state index >= 15 is 0 Å². The number of hydrogen-bond donors (Lipinski definition) is 1. The fourth-order valence-electron chi connectivity index (χ4n) is 3.73. The maximum Gasteiger partial charge on any atom is 0.126 e. The fraction of sp³-hybridized carbons (Fsp3) is 0.833. The molecule has 1 fully saturated rings. The molecule has 3 heteroatoms. The molecule has 120 valence electrons. The van der Waals surface area contributed by atoms with Crippen LogP contribution < -0.4 is 5.32 Å². The number of nitrogens with one attached hydrogen (secondary N) is 1. The highest BCUT2D eigenvalue weighted by atomic mass is 15.1. The zero-order chi connectivity index (χ0) is 15.1. The summed E-state index contributed by atoms with van der Waals surface area (Å²) in [5.74, 6) is 2.99. The van der Waals surface area contributed by atoms with Crippen LogP contribution in [0.4, 0.5) is 0 Å². The summed E-state index contributed by atoms with van der Waals surface area (Å²) in [6.07, 6.45) is 13.4. The van der Waals surface area contributed by atoms with Crippen LogP contribution in [0.3, 0.4) is 0 Å². The van der Waals surface area contributed by atoms with Gasteiger partial charge in [0.2, 0.25) is 0 Å². The molecule has 1 unspecified atom stereocenters. The number of nitrogens with zero attached hydrogens (tertiary/aromatic N) is 2. The van der Waals surface area contributed by atoms with Crippen LogP contribution in [-0.4, -0.2) is 16.1 Å². The van der Waals surface area contributed by atoms with Gasteiger partial charge in [-0.2, -0.15) is 0 Å². The quantitative estimate of drug-likeness (QED) is 0.761. The molecule has 1 aliphatic rings. The molecule has 0 radical (unpaired) electrons. The van der Waals surface area contributed by atoms with Crippen LogP contribution in [0.1, 0.15) is 77.6 Å². The molecule has 1 atom stereocenters. The minimum absolute atomic E-state index is 0.448. The monoisotopic (exact) mass is 291 g/mol. The highest BCUT2D eigenvalue weighted by molar-refractivity contribution is 5.02. The maximum atomic E-state index is 4.70. The number of imidazole rings is 1. The van der Waals surface area contributed by atoms with Crippen molar-refractivity contribution in [2.24, 2.45) is 11.8 Å². The van der Waals surface area contributed by atoms with Crippen molar-refractivity contribution in [1.29, 1.82) is 0 Å². The number of aryl methyl sites for hydroxylation is 1. The van der Waals surface area contributed by atoms with Crippen LogP contribution in [0.15, 0.2) is 12.4 Å². The highest BCUT2D eigenvalue weighted by Gasteiger charge is 2.30. The van der Waals surface area contributed by atoms with E-state index in [0.29, 0.717) is 6.04 Å². The minimum atomic E-state index is 0.448. The molecule has 1 N–H and O–H groups in total. The lowest BCUT2D eigenvalue weighted by Crippen LogP contribution is -2.33. The molecule has 1 aromatic rings. The predicted molar refractivity (Wildman–Crippen MR) is 89.3 cm³/mol. The molecular weight excluding hydrogens is 258 g/mol. The third-order valence-electron chi connectivity index (χ3n) is 5.04. The summed E-state index contributed by atoms with van der Waals surface area (Å²) in [5, 5.41) is 3.79. The van der Waals surface area contributed by atoms with Crippen molar-refractivity contribution >= 4 is 0 Å². The Hall–Kier alpha value is -0.830. The number of hydrogen-bond acceptors (Lipinski definition) is 2. The smallest absolute Gasteiger partial charge is 0.126 e. The van der Waals surface area contributed by atoms with E-state index in [9.17, 15) is 0 Å². The standard InChI is InChI=1S/C18H33N3/c1-4-11-19-17(16-9-7-15(6-3)8-10-16)18-20-12-14-21(18)13-5-2/h12,14-17,19H,4-11,13H2,1-3H3. The van der Waals surface area contributed by atoms with Gasteiger partial charge >= 0.3 is 0 Å². The Kier molecular flexibility index (Phi) is 6.75. The van der Waals surface area contributed by atoms with Gasteiger partial charge in [0.15, 0.2) is 0 Å². The van der Waals surface area contributed by atoms with Crippen LogP contribution in [0.5, 0.6) is 0 Å². The molecular formula is C18H33N3. The zero-order valence-electron chi connectivity index (χ0n) is 14.1. The van der Waals surface area contributed by atoms with Crippen LogP contribution in [0.2, 0.25) is 0 Å². The molecule has 1 saturated carbocycles. The van der Waals surface area contributed by atoms with E-state index < -0.39 is 0 Å². The Morgan fingerprint density at radius 1 is 1.19 bits per heavy atom. The second-order valence-corrected chi connectivity index (χ2v) is 6.60. The van der Waals surface area contributed by atoms with Crippen molar-refractivity contribution in [3.05, 3.63) is 18.2 Å². The number of rotatable bonds is 8. The average molecular weight is 291 g/mol. The molecule has 1 aliphatic carbocycles. The van der Waals surface area contributed by atoms with Gasteiger partial charge in [-0.1, -0.05) is 40.0 Å². The van der Waals surface area contributed by atoms with Crippen LogP contribution in [0.25, 0.3) is 0 Å². The lowest BCUT2D eigenvalue weighted by molar-refractivity contribution is 0.211. The van der Waals surface area contributed by atoms with E-state index in [2.05, 4.69) is 36.9 Å². The van der Waals surface area contributed by atoms with Crippen LogP contribution in [0, 0.1) is 11.8 Å². The third kappa shape index (κ3) is 4.32. The molecule has 3 nitrogen and oxygen atoms in total. The molecule has 0 amide bonds. The fourth-order valence-corrected chi connectivity index (χ4v) is 3.73. The van der Waals surface area contributed by atoms with Crippen molar-refractivity contribution in [1.82, 2.24) is 14.9 Å². The first-order chi connectivity index (χ1) is 10.3. The normalized spacial score (nSPS) is 24.1. The zero-order valence-corrected chi connectivity index (χ0v) is 14.1. The summed E-state index contributed by atoms with van der Waals surface area (Å²) in [5.41, 5.74) is 0. The molecule has 1 heterocycles.